The van der Waals surface area contributed by atoms with E-state index in [1.54, 1.807) is 21.4 Å². The smallest absolute Gasteiger partial charge is 0.245 e. The topological polar surface area (TPSA) is 153 Å². The molecule has 0 spiro atoms. The molecule has 1 aromatic heterocycles. The van der Waals surface area contributed by atoms with E-state index in [4.69, 9.17) is 11.1 Å². The Kier molecular flexibility index (Phi) is 11.8. The minimum atomic E-state index is -0.836. The predicted octanol–water partition coefficient (Wildman–Crippen LogP) is 3.45. The molecule has 1 aliphatic carbocycles. The number of rotatable bonds is 13. The molecule has 4 N–H and O–H groups in total. The molecule has 2 aromatic rings. The number of hydrogen-bond donors (Lipinski definition) is 3. The molecule has 3 amide bonds. The number of likely N-dealkylation sites (tertiary alicyclic amines) is 1. The summed E-state index contributed by atoms with van der Waals surface area (Å²) in [5, 5.41) is 12.8. The minimum absolute atomic E-state index is 0.00271. The van der Waals surface area contributed by atoms with Crippen LogP contribution in [-0.2, 0) is 20.8 Å². The number of nitrogens with one attached hydrogen (secondary N) is 2. The number of aryl methyl sites for hydroxylation is 1. The van der Waals surface area contributed by atoms with Gasteiger partial charge in [-0.2, -0.15) is 0 Å². The number of carbonyl (C=O) groups is 4. The van der Waals surface area contributed by atoms with Gasteiger partial charge < -0.3 is 25.8 Å². The number of thiazole rings is 1. The normalized spacial score (nSPS) is 21.7. The fourth-order valence-electron chi connectivity index (χ4n) is 7.25. The van der Waals surface area contributed by atoms with E-state index in [0.717, 1.165) is 51.4 Å². The van der Waals surface area contributed by atoms with Crippen LogP contribution in [0.2, 0.25) is 0 Å². The Labute approximate surface area is 275 Å². The summed E-state index contributed by atoms with van der Waals surface area (Å²) >= 11 is 1.22. The number of piperazine rings is 1. The highest BCUT2D eigenvalue weighted by Gasteiger charge is 2.41. The molecular weight excluding hydrogens is 602 g/mol. The van der Waals surface area contributed by atoms with Crippen LogP contribution in [0.3, 0.4) is 0 Å². The van der Waals surface area contributed by atoms with E-state index < -0.39 is 18.0 Å². The summed E-state index contributed by atoms with van der Waals surface area (Å²) in [6.07, 6.45) is 11.2. The van der Waals surface area contributed by atoms with E-state index in [2.05, 4.69) is 22.4 Å². The SMILES string of the molecule is N=C(N)N1CCCC(CC(NC(=O)CN2C(=O)CN(CCCc3ccccc3)C(=O)C2CC2CCCCC2)C(=O)c2nccs2)C1. The zero-order valence-corrected chi connectivity index (χ0v) is 27.4. The van der Waals surface area contributed by atoms with Crippen LogP contribution in [-0.4, -0.2) is 94.0 Å². The summed E-state index contributed by atoms with van der Waals surface area (Å²) in [5.41, 5.74) is 6.94. The van der Waals surface area contributed by atoms with E-state index in [1.165, 1.54) is 28.2 Å². The van der Waals surface area contributed by atoms with Crippen molar-refractivity contribution in [3.8, 4) is 0 Å². The first kappa shape index (κ1) is 33.6. The molecule has 248 valence electrons. The largest absolute Gasteiger partial charge is 0.370 e. The number of piperidine rings is 1. The number of nitrogens with zero attached hydrogens (tertiary/aromatic N) is 4. The number of benzene rings is 1. The van der Waals surface area contributed by atoms with Crippen LogP contribution >= 0.6 is 11.3 Å². The van der Waals surface area contributed by atoms with Gasteiger partial charge in [0.15, 0.2) is 11.0 Å². The standard InChI is InChI=1S/C34H47N7O4S/c35-34(36)40-17-8-14-26(21-40)19-27(31(44)32-37-15-18-46-32)38-29(42)22-41-28(20-25-11-5-2-6-12-25)33(45)39(23-30(41)43)16-7-13-24-9-3-1-4-10-24/h1,3-4,9-10,15,18,25-28H,2,5-8,11-14,16-17,19-23H2,(H3,35,36)(H,38,42). The summed E-state index contributed by atoms with van der Waals surface area (Å²) in [6.45, 7) is 1.40. The molecule has 1 saturated carbocycles. The molecule has 46 heavy (non-hydrogen) atoms. The Bertz CT molecular complexity index is 1350. The maximum Gasteiger partial charge on any atom is 0.245 e. The van der Waals surface area contributed by atoms with Crippen molar-refractivity contribution < 1.29 is 19.2 Å². The molecule has 3 heterocycles. The van der Waals surface area contributed by atoms with Crippen molar-refractivity contribution in [2.75, 3.05) is 32.7 Å². The predicted molar refractivity (Wildman–Crippen MR) is 177 cm³/mol. The van der Waals surface area contributed by atoms with E-state index >= 15 is 0 Å². The second kappa shape index (κ2) is 16.2. The highest BCUT2D eigenvalue weighted by Crippen LogP contribution is 2.31. The molecule has 0 radical (unpaired) electrons. The number of hydrogen-bond acceptors (Lipinski definition) is 7. The molecule has 0 bridgehead atoms. The van der Waals surface area contributed by atoms with Crippen molar-refractivity contribution >= 4 is 40.8 Å². The summed E-state index contributed by atoms with van der Waals surface area (Å²) in [7, 11) is 0. The molecule has 2 aliphatic heterocycles. The number of nitrogens with two attached hydrogens (primary N) is 1. The lowest BCUT2D eigenvalue weighted by Crippen LogP contribution is -2.62. The zero-order chi connectivity index (χ0) is 32.5. The van der Waals surface area contributed by atoms with Gasteiger partial charge >= 0.3 is 0 Å². The molecule has 3 fully saturated rings. The Morgan fingerprint density at radius 1 is 1.07 bits per heavy atom. The number of carbonyl (C=O) groups excluding carboxylic acids is 4. The monoisotopic (exact) mass is 649 g/mol. The van der Waals surface area contributed by atoms with Gasteiger partial charge in [-0.3, -0.25) is 24.6 Å². The number of aromatic nitrogens is 1. The highest BCUT2D eigenvalue weighted by molar-refractivity contribution is 7.11. The maximum atomic E-state index is 13.9. The summed E-state index contributed by atoms with van der Waals surface area (Å²) in [5.74, 6) is -0.666. The first-order valence-electron chi connectivity index (χ1n) is 16.7. The number of ketones is 1. The van der Waals surface area contributed by atoms with Crippen LogP contribution in [0, 0.1) is 17.2 Å². The average molecular weight is 650 g/mol. The lowest BCUT2D eigenvalue weighted by Gasteiger charge is -2.42. The van der Waals surface area contributed by atoms with Crippen LogP contribution in [0.4, 0.5) is 0 Å². The van der Waals surface area contributed by atoms with E-state index in [9.17, 15) is 19.2 Å². The molecule has 3 aliphatic rings. The third-order valence-corrected chi connectivity index (χ3v) is 10.5. The van der Waals surface area contributed by atoms with E-state index in [0.29, 0.717) is 43.4 Å². The van der Waals surface area contributed by atoms with Gasteiger partial charge in [0, 0.05) is 31.2 Å². The van der Waals surface area contributed by atoms with Gasteiger partial charge in [-0.25, -0.2) is 4.98 Å². The lowest BCUT2D eigenvalue weighted by molar-refractivity contribution is -0.158. The van der Waals surface area contributed by atoms with Crippen molar-refractivity contribution in [1.29, 1.82) is 5.41 Å². The maximum absolute atomic E-state index is 13.9. The average Bonchev–Trinajstić information content (AvgIpc) is 3.61. The van der Waals surface area contributed by atoms with Crippen LogP contribution in [0.15, 0.2) is 41.9 Å². The molecule has 2 saturated heterocycles. The fourth-order valence-corrected chi connectivity index (χ4v) is 7.88. The number of guanidine groups is 1. The number of Topliss-reactive ketones (excluding diaryl/α,β-unsaturated/α-hetero) is 1. The van der Waals surface area contributed by atoms with Crippen molar-refractivity contribution in [2.45, 2.75) is 82.7 Å². The molecular formula is C34H47N7O4S. The molecule has 1 aromatic carbocycles. The van der Waals surface area contributed by atoms with Gasteiger partial charge in [-0.15, -0.1) is 11.3 Å². The van der Waals surface area contributed by atoms with E-state index in [1.807, 2.05) is 18.2 Å². The lowest BCUT2D eigenvalue weighted by atomic mass is 9.83. The van der Waals surface area contributed by atoms with Gasteiger partial charge in [0.2, 0.25) is 23.5 Å². The van der Waals surface area contributed by atoms with Crippen LogP contribution in [0.25, 0.3) is 0 Å². The van der Waals surface area contributed by atoms with Gasteiger partial charge in [0.1, 0.15) is 12.6 Å². The van der Waals surface area contributed by atoms with Crippen molar-refractivity contribution in [2.24, 2.45) is 17.6 Å². The van der Waals surface area contributed by atoms with Crippen molar-refractivity contribution in [3.05, 3.63) is 52.5 Å². The molecule has 3 unspecified atom stereocenters. The van der Waals surface area contributed by atoms with Gasteiger partial charge in [-0.1, -0.05) is 62.4 Å². The third-order valence-electron chi connectivity index (χ3n) is 9.67. The van der Waals surface area contributed by atoms with Crippen LogP contribution in [0.1, 0.15) is 79.6 Å². The summed E-state index contributed by atoms with van der Waals surface area (Å²) in [4.78, 5) is 63.8. The second-order valence-electron chi connectivity index (χ2n) is 13.0. The van der Waals surface area contributed by atoms with Gasteiger partial charge in [0.25, 0.3) is 0 Å². The second-order valence-corrected chi connectivity index (χ2v) is 13.9. The highest BCUT2D eigenvalue weighted by atomic mass is 32.1. The minimum Gasteiger partial charge on any atom is -0.370 e. The molecule has 11 nitrogen and oxygen atoms in total. The molecule has 5 rings (SSSR count). The Morgan fingerprint density at radius 2 is 1.83 bits per heavy atom. The van der Waals surface area contributed by atoms with Crippen LogP contribution < -0.4 is 11.1 Å². The van der Waals surface area contributed by atoms with E-state index in [-0.39, 0.29) is 42.6 Å². The summed E-state index contributed by atoms with van der Waals surface area (Å²) < 4.78 is 0. The quantitative estimate of drug-likeness (QED) is 0.171. The zero-order valence-electron chi connectivity index (χ0n) is 26.6. The Hall–Kier alpha value is -3.80. The molecule has 3 atom stereocenters. The fraction of sp³-hybridized carbons (Fsp3) is 0.588. The first-order chi connectivity index (χ1) is 22.3. The van der Waals surface area contributed by atoms with Gasteiger partial charge in [-0.05, 0) is 55.9 Å². The summed E-state index contributed by atoms with van der Waals surface area (Å²) in [6, 6.07) is 8.58. The van der Waals surface area contributed by atoms with Crippen molar-refractivity contribution in [1.82, 2.24) is 25.0 Å². The Balaban J connectivity index is 1.27. The molecule has 12 heteroatoms. The number of amides is 3. The van der Waals surface area contributed by atoms with Gasteiger partial charge in [0.05, 0.1) is 12.6 Å². The van der Waals surface area contributed by atoms with Crippen LogP contribution in [0.5, 0.6) is 0 Å². The van der Waals surface area contributed by atoms with Crippen molar-refractivity contribution in [3.63, 3.8) is 0 Å². The first-order valence-corrected chi connectivity index (χ1v) is 17.6. The Morgan fingerprint density at radius 3 is 2.54 bits per heavy atom. The third kappa shape index (κ3) is 8.92.